The van der Waals surface area contributed by atoms with E-state index in [4.69, 9.17) is 9.63 Å². The van der Waals surface area contributed by atoms with E-state index in [0.717, 1.165) is 0 Å². The second-order valence-electron chi connectivity index (χ2n) is 4.60. The summed E-state index contributed by atoms with van der Waals surface area (Å²) in [6.07, 6.45) is 0.135. The minimum atomic E-state index is -0.795. The van der Waals surface area contributed by atoms with Gasteiger partial charge in [0.1, 0.15) is 5.76 Å². The Labute approximate surface area is 110 Å². The van der Waals surface area contributed by atoms with Crippen LogP contribution < -0.4 is 0 Å². The zero-order valence-electron chi connectivity index (χ0n) is 10.8. The van der Waals surface area contributed by atoms with Crippen LogP contribution in [0, 0.1) is 6.92 Å². The molecule has 0 atom stereocenters. The molecule has 7 nitrogen and oxygen atoms in total. The number of hydrogen-bond donors (Lipinski definition) is 1. The number of hydrogen-bond acceptors (Lipinski definition) is 5. The van der Waals surface area contributed by atoms with Crippen molar-refractivity contribution < 1.29 is 19.2 Å². The fourth-order valence-corrected chi connectivity index (χ4v) is 2.06. The number of aromatic nitrogens is 1. The van der Waals surface area contributed by atoms with Crippen molar-refractivity contribution in [3.63, 3.8) is 0 Å². The van der Waals surface area contributed by atoms with E-state index >= 15 is 0 Å². The minimum Gasteiger partial charge on any atom is -0.481 e. The van der Waals surface area contributed by atoms with E-state index in [9.17, 15) is 9.59 Å². The predicted molar refractivity (Wildman–Crippen MR) is 65.8 cm³/mol. The van der Waals surface area contributed by atoms with Crippen molar-refractivity contribution in [2.45, 2.75) is 13.3 Å². The van der Waals surface area contributed by atoms with Crippen LogP contribution >= 0.6 is 0 Å². The summed E-state index contributed by atoms with van der Waals surface area (Å²) >= 11 is 0. The maximum atomic E-state index is 12.1. The second-order valence-corrected chi connectivity index (χ2v) is 4.60. The third kappa shape index (κ3) is 3.54. The van der Waals surface area contributed by atoms with Crippen LogP contribution in [0.2, 0.25) is 0 Å². The van der Waals surface area contributed by atoms with Crippen molar-refractivity contribution >= 4 is 11.9 Å². The lowest BCUT2D eigenvalue weighted by Gasteiger charge is -2.33. The molecule has 1 N–H and O–H groups in total. The fourth-order valence-electron chi connectivity index (χ4n) is 2.06. The number of nitrogens with zero attached hydrogens (tertiary/aromatic N) is 3. The normalized spacial score (nSPS) is 16.6. The number of carbonyl (C=O) groups excluding carboxylic acids is 1. The van der Waals surface area contributed by atoms with E-state index in [0.29, 0.717) is 44.2 Å². The lowest BCUT2D eigenvalue weighted by atomic mass is 10.2. The summed E-state index contributed by atoms with van der Waals surface area (Å²) in [5.41, 5.74) is 0.330. The number of carboxylic acid groups (broad SMARTS) is 1. The van der Waals surface area contributed by atoms with E-state index in [1.807, 2.05) is 4.90 Å². The van der Waals surface area contributed by atoms with Crippen LogP contribution in [0.3, 0.4) is 0 Å². The number of aryl methyl sites for hydroxylation is 1. The van der Waals surface area contributed by atoms with Gasteiger partial charge >= 0.3 is 5.97 Å². The zero-order chi connectivity index (χ0) is 13.8. The summed E-state index contributed by atoms with van der Waals surface area (Å²) in [4.78, 5) is 26.3. The van der Waals surface area contributed by atoms with Gasteiger partial charge in [0.25, 0.3) is 5.91 Å². The molecule has 0 unspecified atom stereocenters. The van der Waals surface area contributed by atoms with E-state index in [-0.39, 0.29) is 12.3 Å². The van der Waals surface area contributed by atoms with Crippen molar-refractivity contribution in [1.82, 2.24) is 15.0 Å². The average Bonchev–Trinajstić information content (AvgIpc) is 2.83. The molecule has 0 saturated carbocycles. The molecule has 19 heavy (non-hydrogen) atoms. The maximum absolute atomic E-state index is 12.1. The lowest BCUT2D eigenvalue weighted by molar-refractivity contribution is -0.137. The van der Waals surface area contributed by atoms with Crippen LogP contribution in [0.15, 0.2) is 10.6 Å². The van der Waals surface area contributed by atoms with Crippen LogP contribution in [0.1, 0.15) is 22.7 Å². The molecule has 1 fully saturated rings. The summed E-state index contributed by atoms with van der Waals surface area (Å²) in [6.45, 7) is 4.83. The maximum Gasteiger partial charge on any atom is 0.304 e. The van der Waals surface area contributed by atoms with Crippen molar-refractivity contribution in [3.8, 4) is 0 Å². The first-order valence-corrected chi connectivity index (χ1v) is 6.23. The van der Waals surface area contributed by atoms with Crippen molar-refractivity contribution in [1.29, 1.82) is 0 Å². The minimum absolute atomic E-state index is 0.130. The molecular formula is C12H17N3O4. The highest BCUT2D eigenvalue weighted by atomic mass is 16.5. The van der Waals surface area contributed by atoms with Gasteiger partial charge in [-0.3, -0.25) is 14.5 Å². The van der Waals surface area contributed by atoms with Crippen LogP contribution in [0.5, 0.6) is 0 Å². The largest absolute Gasteiger partial charge is 0.481 e. The summed E-state index contributed by atoms with van der Waals surface area (Å²) in [6, 6.07) is 1.62. The second kappa shape index (κ2) is 5.83. The Hall–Kier alpha value is -1.89. The fraction of sp³-hybridized carbons (Fsp3) is 0.583. The van der Waals surface area contributed by atoms with Gasteiger partial charge in [0, 0.05) is 38.8 Å². The quantitative estimate of drug-likeness (QED) is 0.839. The number of aliphatic carboxylic acids is 1. The van der Waals surface area contributed by atoms with E-state index < -0.39 is 5.97 Å². The number of rotatable bonds is 4. The number of carbonyl (C=O) groups is 2. The van der Waals surface area contributed by atoms with Crippen molar-refractivity contribution in [2.75, 3.05) is 32.7 Å². The molecule has 1 aliphatic heterocycles. The van der Waals surface area contributed by atoms with Crippen LogP contribution in [0.4, 0.5) is 0 Å². The van der Waals surface area contributed by atoms with Gasteiger partial charge in [0.05, 0.1) is 6.42 Å². The number of piperazine rings is 1. The Morgan fingerprint density at radius 3 is 2.58 bits per heavy atom. The van der Waals surface area contributed by atoms with Crippen molar-refractivity contribution in [2.24, 2.45) is 0 Å². The Kier molecular flexibility index (Phi) is 4.16. The predicted octanol–water partition coefficient (Wildman–Crippen LogP) is 0.216. The SMILES string of the molecule is Cc1cc(C(=O)N2CCN(CCC(=O)O)CC2)no1. The zero-order valence-corrected chi connectivity index (χ0v) is 10.8. The molecule has 0 bridgehead atoms. The first-order valence-electron chi connectivity index (χ1n) is 6.23. The molecular weight excluding hydrogens is 250 g/mol. The van der Waals surface area contributed by atoms with Gasteiger partial charge in [-0.25, -0.2) is 0 Å². The topological polar surface area (TPSA) is 86.9 Å². The molecule has 1 aromatic heterocycles. The first-order chi connectivity index (χ1) is 9.06. The summed E-state index contributed by atoms with van der Waals surface area (Å²) in [5.74, 6) is -0.310. The lowest BCUT2D eigenvalue weighted by Crippen LogP contribution is -2.49. The molecule has 0 aromatic carbocycles. The van der Waals surface area contributed by atoms with Gasteiger partial charge in [-0.05, 0) is 6.92 Å². The van der Waals surface area contributed by atoms with E-state index in [2.05, 4.69) is 5.16 Å². The molecule has 0 spiro atoms. The monoisotopic (exact) mass is 267 g/mol. The summed E-state index contributed by atoms with van der Waals surface area (Å²) in [7, 11) is 0. The van der Waals surface area contributed by atoms with Gasteiger partial charge in [-0.1, -0.05) is 5.16 Å². The van der Waals surface area contributed by atoms with Gasteiger partial charge in [-0.2, -0.15) is 0 Å². The molecule has 2 rings (SSSR count). The molecule has 104 valence electrons. The molecule has 7 heteroatoms. The van der Waals surface area contributed by atoms with E-state index in [1.165, 1.54) is 0 Å². The molecule has 0 radical (unpaired) electrons. The van der Waals surface area contributed by atoms with Gasteiger partial charge in [-0.15, -0.1) is 0 Å². The Morgan fingerprint density at radius 1 is 1.37 bits per heavy atom. The summed E-state index contributed by atoms with van der Waals surface area (Å²) < 4.78 is 4.89. The van der Waals surface area contributed by atoms with Gasteiger partial charge in [0.2, 0.25) is 0 Å². The third-order valence-corrected chi connectivity index (χ3v) is 3.15. The smallest absolute Gasteiger partial charge is 0.304 e. The molecule has 1 amide bonds. The van der Waals surface area contributed by atoms with E-state index in [1.54, 1.807) is 17.9 Å². The molecule has 2 heterocycles. The Balaban J connectivity index is 1.83. The standard InChI is InChI=1S/C12H17N3O4/c1-9-8-10(13-19-9)12(18)15-6-4-14(5-7-15)3-2-11(16)17/h8H,2-7H2,1H3,(H,16,17). The molecule has 1 aromatic rings. The van der Waals surface area contributed by atoms with Crippen LogP contribution in [0.25, 0.3) is 0 Å². The average molecular weight is 267 g/mol. The summed E-state index contributed by atoms with van der Waals surface area (Å²) in [5, 5.41) is 12.3. The van der Waals surface area contributed by atoms with Crippen molar-refractivity contribution in [3.05, 3.63) is 17.5 Å². The van der Waals surface area contributed by atoms with Gasteiger partial charge < -0.3 is 14.5 Å². The first kappa shape index (κ1) is 13.5. The highest BCUT2D eigenvalue weighted by Crippen LogP contribution is 2.09. The number of amides is 1. The van der Waals surface area contributed by atoms with Crippen LogP contribution in [-0.2, 0) is 4.79 Å². The molecule has 1 aliphatic rings. The Bertz CT molecular complexity index is 463. The number of carboxylic acids is 1. The third-order valence-electron chi connectivity index (χ3n) is 3.15. The molecule has 0 aliphatic carbocycles. The highest BCUT2D eigenvalue weighted by molar-refractivity contribution is 5.92. The van der Waals surface area contributed by atoms with Gasteiger partial charge in [0.15, 0.2) is 5.69 Å². The highest BCUT2D eigenvalue weighted by Gasteiger charge is 2.24. The Morgan fingerprint density at radius 2 is 2.05 bits per heavy atom. The molecule has 1 saturated heterocycles. The van der Waals surface area contributed by atoms with Crippen LogP contribution in [-0.4, -0.2) is 64.7 Å².